The molecule has 0 aliphatic heterocycles. The third-order valence-corrected chi connectivity index (χ3v) is 6.81. The number of nitrogens with one attached hydrogen (secondary N) is 2. The monoisotopic (exact) mass is 440 g/mol. The molecule has 1 unspecified atom stereocenters. The summed E-state index contributed by atoms with van der Waals surface area (Å²) < 4.78 is 28.3. The van der Waals surface area contributed by atoms with E-state index < -0.39 is 10.0 Å². The molecule has 0 spiro atoms. The first-order chi connectivity index (χ1) is 14.6. The Kier molecular flexibility index (Phi) is 5.93. The van der Waals surface area contributed by atoms with Crippen LogP contribution in [0.5, 0.6) is 0 Å². The Bertz CT molecular complexity index is 1230. The largest absolute Gasteiger partial charge is 0.396 e. The van der Waals surface area contributed by atoms with Crippen molar-refractivity contribution in [1.29, 1.82) is 0 Å². The third-order valence-electron chi connectivity index (χ3n) is 4.47. The smallest absolute Gasteiger partial charge is 0.263 e. The summed E-state index contributed by atoms with van der Waals surface area (Å²) in [7, 11) is -3.85. The molecule has 2 aromatic carbocycles. The third kappa shape index (κ3) is 4.43. The Morgan fingerprint density at radius 3 is 2.20 bits per heavy atom. The van der Waals surface area contributed by atoms with Crippen LogP contribution < -0.4 is 10.0 Å². The van der Waals surface area contributed by atoms with Crippen LogP contribution in [0, 0.1) is 0 Å². The number of nitrogens with zero attached hydrogens (tertiary/aromatic N) is 2. The quantitative estimate of drug-likeness (QED) is 0.382. The summed E-state index contributed by atoms with van der Waals surface area (Å²) in [5.41, 5.74) is 1.21. The Balaban J connectivity index is 1.76. The summed E-state index contributed by atoms with van der Waals surface area (Å²) >= 11 is 1.55. The molecule has 0 amide bonds. The van der Waals surface area contributed by atoms with Crippen LogP contribution in [0.2, 0.25) is 0 Å². The van der Waals surface area contributed by atoms with E-state index in [0.29, 0.717) is 23.3 Å². The van der Waals surface area contributed by atoms with Crippen molar-refractivity contribution in [2.24, 2.45) is 0 Å². The van der Waals surface area contributed by atoms with Gasteiger partial charge in [0.1, 0.15) is 0 Å². The number of thiophene rings is 1. The van der Waals surface area contributed by atoms with Gasteiger partial charge in [-0.1, -0.05) is 36.4 Å². The first-order valence-corrected chi connectivity index (χ1v) is 11.7. The zero-order valence-electron chi connectivity index (χ0n) is 15.9. The highest BCUT2D eigenvalue weighted by Crippen LogP contribution is 2.30. The topological polar surface area (TPSA) is 104 Å². The fourth-order valence-corrected chi connectivity index (χ4v) is 4.87. The predicted molar refractivity (Wildman–Crippen MR) is 119 cm³/mol. The number of rotatable bonds is 8. The average molecular weight is 441 g/mol. The molecule has 4 rings (SSSR count). The highest BCUT2D eigenvalue weighted by atomic mass is 32.2. The average Bonchev–Trinajstić information content (AvgIpc) is 3.29. The molecule has 4 aromatic rings. The molecular formula is C21H20N4O3S2. The summed E-state index contributed by atoms with van der Waals surface area (Å²) in [4.78, 5) is 10.3. The number of aliphatic hydroxyl groups excluding tert-OH is 1. The minimum atomic E-state index is -3.85. The summed E-state index contributed by atoms with van der Waals surface area (Å²) in [5.74, 6) is 0.414. The van der Waals surface area contributed by atoms with Crippen LogP contribution >= 0.6 is 11.3 Å². The van der Waals surface area contributed by atoms with Crippen molar-refractivity contribution in [3.05, 3.63) is 77.0 Å². The maximum absolute atomic E-state index is 12.9. The van der Waals surface area contributed by atoms with Gasteiger partial charge >= 0.3 is 0 Å². The highest BCUT2D eigenvalue weighted by molar-refractivity contribution is 7.92. The molecule has 9 heteroatoms. The molecule has 2 heterocycles. The van der Waals surface area contributed by atoms with Crippen molar-refractivity contribution in [3.63, 3.8) is 0 Å². The van der Waals surface area contributed by atoms with Gasteiger partial charge in [-0.05, 0) is 42.1 Å². The molecule has 154 valence electrons. The second-order valence-electron chi connectivity index (χ2n) is 6.55. The molecule has 1 atom stereocenters. The number of anilines is 2. The number of aliphatic hydroxyl groups is 1. The van der Waals surface area contributed by atoms with E-state index in [0.717, 1.165) is 4.88 Å². The van der Waals surface area contributed by atoms with E-state index in [1.54, 1.807) is 35.6 Å². The molecule has 7 nitrogen and oxygen atoms in total. The molecule has 2 aromatic heterocycles. The first kappa shape index (κ1) is 20.3. The molecule has 0 fully saturated rings. The zero-order valence-corrected chi connectivity index (χ0v) is 17.5. The molecule has 0 saturated heterocycles. The SMILES string of the molecule is O=S(=O)(Nc1nc2ccccc2nc1NC(CCO)c1cccs1)c1ccccc1. The van der Waals surface area contributed by atoms with Gasteiger partial charge in [0.2, 0.25) is 0 Å². The van der Waals surface area contributed by atoms with Crippen LogP contribution in [0.3, 0.4) is 0 Å². The van der Waals surface area contributed by atoms with Gasteiger partial charge in [0.25, 0.3) is 10.0 Å². The van der Waals surface area contributed by atoms with E-state index in [-0.39, 0.29) is 23.4 Å². The van der Waals surface area contributed by atoms with Gasteiger partial charge in [-0.25, -0.2) is 18.4 Å². The fourth-order valence-electron chi connectivity index (χ4n) is 3.03. The minimum Gasteiger partial charge on any atom is -0.396 e. The summed E-state index contributed by atoms with van der Waals surface area (Å²) in [6.07, 6.45) is 0.444. The molecule has 0 aliphatic carbocycles. The molecular weight excluding hydrogens is 420 g/mol. The highest BCUT2D eigenvalue weighted by Gasteiger charge is 2.21. The number of benzene rings is 2. The van der Waals surface area contributed by atoms with E-state index in [1.165, 1.54) is 12.1 Å². The van der Waals surface area contributed by atoms with Gasteiger partial charge in [0.15, 0.2) is 11.6 Å². The maximum atomic E-state index is 12.9. The number of fused-ring (bicyclic) bond motifs is 1. The van der Waals surface area contributed by atoms with Crippen molar-refractivity contribution < 1.29 is 13.5 Å². The van der Waals surface area contributed by atoms with Crippen molar-refractivity contribution in [3.8, 4) is 0 Å². The van der Waals surface area contributed by atoms with Crippen LogP contribution in [0.15, 0.2) is 77.0 Å². The van der Waals surface area contributed by atoms with Crippen LogP contribution in [-0.4, -0.2) is 30.1 Å². The molecule has 3 N–H and O–H groups in total. The lowest BCUT2D eigenvalue weighted by Gasteiger charge is -2.20. The van der Waals surface area contributed by atoms with Crippen LogP contribution in [0.25, 0.3) is 11.0 Å². The van der Waals surface area contributed by atoms with Gasteiger partial charge in [-0.3, -0.25) is 4.72 Å². The Morgan fingerprint density at radius 1 is 0.900 bits per heavy atom. The Hall–Kier alpha value is -3.01. The van der Waals surface area contributed by atoms with Crippen molar-refractivity contribution in [1.82, 2.24) is 9.97 Å². The molecule has 0 radical (unpaired) electrons. The van der Waals surface area contributed by atoms with Crippen molar-refractivity contribution in [2.75, 3.05) is 16.6 Å². The summed E-state index contributed by atoms with van der Waals surface area (Å²) in [6.45, 7) is -0.0261. The predicted octanol–water partition coefficient (Wildman–Crippen LogP) is 4.03. The summed E-state index contributed by atoms with van der Waals surface area (Å²) in [5, 5.41) is 14.7. The minimum absolute atomic E-state index is 0.0261. The number of hydrogen-bond acceptors (Lipinski definition) is 7. The molecule has 30 heavy (non-hydrogen) atoms. The lowest BCUT2D eigenvalue weighted by molar-refractivity contribution is 0.280. The van der Waals surface area contributed by atoms with E-state index >= 15 is 0 Å². The van der Waals surface area contributed by atoms with Crippen molar-refractivity contribution >= 4 is 44.0 Å². The Labute approximate surface area is 178 Å². The molecule has 0 bridgehead atoms. The zero-order chi connectivity index (χ0) is 21.0. The van der Waals surface area contributed by atoms with Gasteiger partial charge in [-0.2, -0.15) is 0 Å². The lowest BCUT2D eigenvalue weighted by atomic mass is 10.2. The summed E-state index contributed by atoms with van der Waals surface area (Å²) in [6, 6.07) is 19.0. The second kappa shape index (κ2) is 8.78. The number of hydrogen-bond donors (Lipinski definition) is 3. The van der Waals surface area contributed by atoms with Crippen LogP contribution in [0.1, 0.15) is 17.3 Å². The first-order valence-electron chi connectivity index (χ1n) is 9.32. The standard InChI is InChI=1S/C21H20N4O3S2/c26-13-12-18(19-11-6-14-29-19)24-20-21(23-17-10-5-4-9-16(17)22-20)25-30(27,28)15-7-2-1-3-8-15/h1-11,14,18,26H,12-13H2,(H,22,24)(H,23,25). The van der Waals surface area contributed by atoms with E-state index in [2.05, 4.69) is 20.0 Å². The van der Waals surface area contributed by atoms with E-state index in [9.17, 15) is 13.5 Å². The second-order valence-corrected chi connectivity index (χ2v) is 9.21. The number of sulfonamides is 1. The van der Waals surface area contributed by atoms with Crippen LogP contribution in [0.4, 0.5) is 11.6 Å². The van der Waals surface area contributed by atoms with Crippen LogP contribution in [-0.2, 0) is 10.0 Å². The van der Waals surface area contributed by atoms with Gasteiger partial charge in [0, 0.05) is 11.5 Å². The number of aromatic nitrogens is 2. The fraction of sp³-hybridized carbons (Fsp3) is 0.143. The van der Waals surface area contributed by atoms with E-state index in [1.807, 2.05) is 35.7 Å². The van der Waals surface area contributed by atoms with Gasteiger partial charge in [-0.15, -0.1) is 11.3 Å². The lowest BCUT2D eigenvalue weighted by Crippen LogP contribution is -2.18. The normalized spacial score (nSPS) is 12.6. The van der Waals surface area contributed by atoms with E-state index in [4.69, 9.17) is 0 Å². The van der Waals surface area contributed by atoms with Crippen molar-refractivity contribution in [2.45, 2.75) is 17.4 Å². The maximum Gasteiger partial charge on any atom is 0.263 e. The molecule has 0 aliphatic rings. The molecule has 0 saturated carbocycles. The van der Waals surface area contributed by atoms with Gasteiger partial charge < -0.3 is 10.4 Å². The van der Waals surface area contributed by atoms with Gasteiger partial charge in [0.05, 0.1) is 22.0 Å². The Morgan fingerprint density at radius 2 is 1.57 bits per heavy atom. The number of para-hydroxylation sites is 2.